The average Bonchev–Trinajstić information content (AvgIpc) is 2.40. The van der Waals surface area contributed by atoms with E-state index in [1.165, 1.54) is 17.8 Å². The van der Waals surface area contributed by atoms with Gasteiger partial charge in [-0.15, -0.1) is 0 Å². The van der Waals surface area contributed by atoms with Gasteiger partial charge in [0, 0.05) is 9.79 Å². The Balaban J connectivity index is 2.39. The maximum Gasteiger partial charge on any atom is 0.416 e. The largest absolute Gasteiger partial charge is 0.416 e. The van der Waals surface area contributed by atoms with Crippen molar-refractivity contribution in [2.24, 2.45) is 0 Å². The molecule has 0 N–H and O–H groups in total. The zero-order valence-corrected chi connectivity index (χ0v) is 11.3. The quantitative estimate of drug-likeness (QED) is 0.774. The van der Waals surface area contributed by atoms with E-state index in [9.17, 15) is 13.2 Å². The molecule has 0 aliphatic carbocycles. The maximum absolute atomic E-state index is 12.6. The van der Waals surface area contributed by atoms with Crippen molar-refractivity contribution < 1.29 is 13.2 Å². The first kappa shape index (κ1) is 14.5. The molecular weight excluding hydrogens is 283 g/mol. The van der Waals surface area contributed by atoms with Crippen LogP contribution >= 0.6 is 11.8 Å². The molecule has 0 heterocycles. The van der Waals surface area contributed by atoms with Crippen LogP contribution < -0.4 is 0 Å². The molecule has 5 heteroatoms. The Labute approximate surface area is 119 Å². The van der Waals surface area contributed by atoms with E-state index in [0.29, 0.717) is 4.90 Å². The molecule has 0 aromatic heterocycles. The minimum Gasteiger partial charge on any atom is -0.192 e. The van der Waals surface area contributed by atoms with E-state index in [2.05, 4.69) is 0 Å². The number of hydrogen-bond donors (Lipinski definition) is 0. The summed E-state index contributed by atoms with van der Waals surface area (Å²) in [6.07, 6.45) is -4.43. The molecule has 2 aromatic carbocycles. The molecule has 0 spiro atoms. The van der Waals surface area contributed by atoms with Gasteiger partial charge in [-0.2, -0.15) is 18.4 Å². The van der Waals surface area contributed by atoms with Gasteiger partial charge >= 0.3 is 6.18 Å². The summed E-state index contributed by atoms with van der Waals surface area (Å²) in [6, 6.07) is 12.6. The van der Waals surface area contributed by atoms with Gasteiger partial charge < -0.3 is 0 Å². The Hall–Kier alpha value is -1.93. The van der Waals surface area contributed by atoms with Gasteiger partial charge in [0.1, 0.15) is 6.07 Å². The number of alkyl halides is 3. The van der Waals surface area contributed by atoms with Crippen molar-refractivity contribution in [1.29, 1.82) is 5.26 Å². The summed E-state index contributed by atoms with van der Waals surface area (Å²) >= 11 is 1.29. The van der Waals surface area contributed by atoms with Gasteiger partial charge in [-0.3, -0.25) is 0 Å². The van der Waals surface area contributed by atoms with Crippen LogP contribution in [0.25, 0.3) is 0 Å². The zero-order chi connectivity index (χ0) is 14.8. The molecule has 2 aromatic rings. The summed E-state index contributed by atoms with van der Waals surface area (Å²) in [5.41, 5.74) is 0.248. The molecule has 0 aliphatic heterocycles. The lowest BCUT2D eigenvalue weighted by atomic mass is 10.1. The van der Waals surface area contributed by atoms with Crippen molar-refractivity contribution >= 4 is 11.8 Å². The fourth-order valence-electron chi connectivity index (χ4n) is 1.67. The minimum atomic E-state index is -4.43. The smallest absolute Gasteiger partial charge is 0.192 e. The summed E-state index contributed by atoms with van der Waals surface area (Å²) in [4.78, 5) is 1.44. The molecule has 0 bridgehead atoms. The fraction of sp³-hybridized carbons (Fsp3) is 0.133. The second-order valence-electron chi connectivity index (χ2n) is 4.19. The topological polar surface area (TPSA) is 23.8 Å². The molecule has 0 saturated carbocycles. The summed E-state index contributed by atoms with van der Waals surface area (Å²) in [6.45, 7) is 1.92. The predicted molar refractivity (Wildman–Crippen MR) is 71.5 cm³/mol. The lowest BCUT2D eigenvalue weighted by Gasteiger charge is -2.10. The highest BCUT2D eigenvalue weighted by Gasteiger charge is 2.31. The van der Waals surface area contributed by atoms with Crippen LogP contribution in [-0.2, 0) is 6.18 Å². The van der Waals surface area contributed by atoms with Crippen LogP contribution in [0, 0.1) is 18.3 Å². The molecule has 0 radical (unpaired) electrons. The van der Waals surface area contributed by atoms with Gasteiger partial charge in [-0.05, 0) is 36.8 Å². The van der Waals surface area contributed by atoms with Crippen LogP contribution in [0.1, 0.15) is 16.7 Å². The first-order chi connectivity index (χ1) is 9.41. The van der Waals surface area contributed by atoms with E-state index in [1.54, 1.807) is 0 Å². The normalized spacial score (nSPS) is 11.2. The highest BCUT2D eigenvalue weighted by atomic mass is 32.2. The van der Waals surface area contributed by atoms with Crippen LogP contribution in [-0.4, -0.2) is 0 Å². The SMILES string of the molecule is Cc1ccccc1Sc1ccc(C(F)(F)F)cc1C#N. The second kappa shape index (κ2) is 5.59. The third-order valence-corrected chi connectivity index (χ3v) is 3.99. The summed E-state index contributed by atoms with van der Waals surface area (Å²) < 4.78 is 37.8. The first-order valence-electron chi connectivity index (χ1n) is 5.76. The maximum atomic E-state index is 12.6. The van der Waals surface area contributed by atoms with Crippen molar-refractivity contribution in [3.63, 3.8) is 0 Å². The third kappa shape index (κ3) is 3.14. The average molecular weight is 293 g/mol. The van der Waals surface area contributed by atoms with Crippen LogP contribution in [0.3, 0.4) is 0 Å². The van der Waals surface area contributed by atoms with Crippen molar-refractivity contribution in [2.75, 3.05) is 0 Å². The first-order valence-corrected chi connectivity index (χ1v) is 6.58. The van der Waals surface area contributed by atoms with Crippen molar-refractivity contribution in [3.05, 3.63) is 59.2 Å². The molecule has 0 aliphatic rings. The van der Waals surface area contributed by atoms with Gasteiger partial charge in [0.05, 0.1) is 11.1 Å². The second-order valence-corrected chi connectivity index (χ2v) is 5.27. The Morgan fingerprint density at radius 3 is 2.35 bits per heavy atom. The lowest BCUT2D eigenvalue weighted by Crippen LogP contribution is -2.05. The molecule has 102 valence electrons. The van der Waals surface area contributed by atoms with E-state index in [0.717, 1.165) is 22.6 Å². The van der Waals surface area contributed by atoms with Gasteiger partial charge in [-0.25, -0.2) is 0 Å². The van der Waals surface area contributed by atoms with E-state index in [-0.39, 0.29) is 5.56 Å². The molecule has 1 nitrogen and oxygen atoms in total. The van der Waals surface area contributed by atoms with Gasteiger partial charge in [0.15, 0.2) is 0 Å². The fourth-order valence-corrected chi connectivity index (χ4v) is 2.64. The monoisotopic (exact) mass is 293 g/mol. The number of nitrogens with zero attached hydrogens (tertiary/aromatic N) is 1. The van der Waals surface area contributed by atoms with Crippen LogP contribution in [0.5, 0.6) is 0 Å². The molecule has 0 unspecified atom stereocenters. The van der Waals surface area contributed by atoms with Crippen molar-refractivity contribution in [2.45, 2.75) is 22.9 Å². The Kier molecular flexibility index (Phi) is 4.05. The number of halogens is 3. The van der Waals surface area contributed by atoms with Gasteiger partial charge in [0.2, 0.25) is 0 Å². The number of hydrogen-bond acceptors (Lipinski definition) is 2. The van der Waals surface area contributed by atoms with Crippen LogP contribution in [0.4, 0.5) is 13.2 Å². The van der Waals surface area contributed by atoms with Crippen LogP contribution in [0.2, 0.25) is 0 Å². The predicted octanol–water partition coefficient (Wildman–Crippen LogP) is 5.04. The standard InChI is InChI=1S/C15H10F3NS/c1-10-4-2-3-5-13(10)20-14-7-6-12(15(16,17)18)8-11(14)9-19/h2-8H,1H3. The molecule has 0 amide bonds. The molecular formula is C15H10F3NS. The molecule has 0 atom stereocenters. The summed E-state index contributed by atoms with van der Waals surface area (Å²) in [5, 5.41) is 9.03. The third-order valence-electron chi connectivity index (χ3n) is 2.74. The Morgan fingerprint density at radius 2 is 1.75 bits per heavy atom. The molecule has 2 rings (SSSR count). The van der Waals surface area contributed by atoms with E-state index >= 15 is 0 Å². The molecule has 20 heavy (non-hydrogen) atoms. The van der Waals surface area contributed by atoms with Crippen molar-refractivity contribution in [3.8, 4) is 6.07 Å². The number of aryl methyl sites for hydroxylation is 1. The Morgan fingerprint density at radius 1 is 1.05 bits per heavy atom. The minimum absolute atomic E-state index is 0.0353. The lowest BCUT2D eigenvalue weighted by molar-refractivity contribution is -0.137. The van der Waals surface area contributed by atoms with Crippen molar-refractivity contribution in [1.82, 2.24) is 0 Å². The van der Waals surface area contributed by atoms with E-state index in [1.807, 2.05) is 37.3 Å². The zero-order valence-electron chi connectivity index (χ0n) is 10.5. The molecule has 0 saturated heterocycles. The molecule has 0 fully saturated rings. The summed E-state index contributed by atoms with van der Waals surface area (Å²) in [5.74, 6) is 0. The van der Waals surface area contributed by atoms with Gasteiger partial charge in [0.25, 0.3) is 0 Å². The number of nitriles is 1. The number of benzene rings is 2. The summed E-state index contributed by atoms with van der Waals surface area (Å²) in [7, 11) is 0. The highest BCUT2D eigenvalue weighted by Crippen LogP contribution is 2.36. The number of rotatable bonds is 2. The Bertz CT molecular complexity index is 672. The highest BCUT2D eigenvalue weighted by molar-refractivity contribution is 7.99. The van der Waals surface area contributed by atoms with E-state index < -0.39 is 11.7 Å². The van der Waals surface area contributed by atoms with E-state index in [4.69, 9.17) is 5.26 Å². The van der Waals surface area contributed by atoms with Crippen LogP contribution in [0.15, 0.2) is 52.3 Å². The van der Waals surface area contributed by atoms with Gasteiger partial charge in [-0.1, -0.05) is 30.0 Å².